The van der Waals surface area contributed by atoms with Gasteiger partial charge in [0.1, 0.15) is 0 Å². The number of benzene rings is 2. The smallest absolute Gasteiger partial charge is 0.338 e. The molecule has 0 unspecified atom stereocenters. The van der Waals surface area contributed by atoms with Crippen molar-refractivity contribution in [1.29, 1.82) is 0 Å². The van der Waals surface area contributed by atoms with Gasteiger partial charge < -0.3 is 9.30 Å². The lowest BCUT2D eigenvalue weighted by Crippen LogP contribution is -2.11. The van der Waals surface area contributed by atoms with Crippen molar-refractivity contribution < 1.29 is 14.3 Å². The third-order valence-corrected chi connectivity index (χ3v) is 4.92. The Balaban J connectivity index is 1.82. The summed E-state index contributed by atoms with van der Waals surface area (Å²) in [5.41, 5.74) is 6.34. The fraction of sp³-hybridized carbons (Fsp3) is 0.231. The van der Waals surface area contributed by atoms with Crippen LogP contribution in [0.5, 0.6) is 0 Å². The molecule has 0 spiro atoms. The number of ketones is 1. The first-order valence-electron chi connectivity index (χ1n) is 10.1. The van der Waals surface area contributed by atoms with Gasteiger partial charge in [0.15, 0.2) is 5.78 Å². The molecule has 0 bridgehead atoms. The largest absolute Gasteiger partial charge is 0.459 e. The average Bonchev–Trinajstić information content (AvgIpc) is 2.99. The topological polar surface area (TPSA) is 48.3 Å². The predicted molar refractivity (Wildman–Crippen MR) is 120 cm³/mol. The summed E-state index contributed by atoms with van der Waals surface area (Å²) in [7, 11) is 0. The summed E-state index contributed by atoms with van der Waals surface area (Å²) in [6, 6.07) is 17.0. The number of rotatable bonds is 6. The molecule has 0 aliphatic rings. The first kappa shape index (κ1) is 21.3. The molecule has 0 N–H and O–H groups in total. The highest BCUT2D eigenvalue weighted by atomic mass is 16.5. The van der Waals surface area contributed by atoms with Crippen molar-refractivity contribution in [2.24, 2.45) is 0 Å². The van der Waals surface area contributed by atoms with Gasteiger partial charge >= 0.3 is 5.97 Å². The van der Waals surface area contributed by atoms with Gasteiger partial charge in [-0.3, -0.25) is 4.79 Å². The number of hydrogen-bond donors (Lipinski definition) is 0. The molecule has 0 atom stereocenters. The Labute approximate surface area is 177 Å². The van der Waals surface area contributed by atoms with Crippen LogP contribution in [0.2, 0.25) is 0 Å². The molecule has 154 valence electrons. The summed E-state index contributed by atoms with van der Waals surface area (Å²) in [6.07, 6.45) is 3.32. The van der Waals surface area contributed by atoms with Gasteiger partial charge in [-0.25, -0.2) is 4.79 Å². The number of aromatic nitrogens is 1. The van der Waals surface area contributed by atoms with Crippen LogP contribution in [-0.2, 0) is 4.74 Å². The molecule has 2 aromatic carbocycles. The summed E-state index contributed by atoms with van der Waals surface area (Å²) in [4.78, 5) is 24.5. The van der Waals surface area contributed by atoms with E-state index in [1.165, 1.54) is 0 Å². The van der Waals surface area contributed by atoms with E-state index in [1.54, 1.807) is 18.2 Å². The Morgan fingerprint density at radius 3 is 2.10 bits per heavy atom. The molecule has 0 saturated carbocycles. The number of aryl methyl sites for hydroxylation is 2. The second kappa shape index (κ2) is 8.95. The second-order valence-corrected chi connectivity index (χ2v) is 7.73. The van der Waals surface area contributed by atoms with Crippen LogP contribution in [-0.4, -0.2) is 22.4 Å². The van der Waals surface area contributed by atoms with Crippen LogP contribution in [0, 0.1) is 20.8 Å². The fourth-order valence-electron chi connectivity index (χ4n) is 3.36. The number of carbonyl (C=O) groups is 2. The lowest BCUT2D eigenvalue weighted by molar-refractivity contribution is 0.0378. The number of carbonyl (C=O) groups excluding carboxylic acids is 2. The number of hydrogen-bond acceptors (Lipinski definition) is 3. The third kappa shape index (κ3) is 4.77. The van der Waals surface area contributed by atoms with Crippen LogP contribution in [0.4, 0.5) is 0 Å². The maximum Gasteiger partial charge on any atom is 0.338 e. The molecule has 0 fully saturated rings. The van der Waals surface area contributed by atoms with Crippen molar-refractivity contribution in [1.82, 2.24) is 4.57 Å². The highest BCUT2D eigenvalue weighted by molar-refractivity contribution is 6.06. The number of allylic oxidation sites excluding steroid dienone is 1. The molecule has 1 heterocycles. The fourth-order valence-corrected chi connectivity index (χ4v) is 3.36. The summed E-state index contributed by atoms with van der Waals surface area (Å²) in [5, 5.41) is 0. The first-order chi connectivity index (χ1) is 14.3. The van der Waals surface area contributed by atoms with Crippen LogP contribution < -0.4 is 0 Å². The molecule has 4 nitrogen and oxygen atoms in total. The summed E-state index contributed by atoms with van der Waals surface area (Å²) >= 11 is 0. The van der Waals surface area contributed by atoms with E-state index < -0.39 is 0 Å². The van der Waals surface area contributed by atoms with Crippen LogP contribution in [0.15, 0.2) is 60.7 Å². The SMILES string of the molecule is Cc1ccc(C(=O)/C=C/c2cc(C)n(-c3ccc(C(=O)OC(C)C)cc3)c2C)cc1. The Morgan fingerprint density at radius 1 is 0.900 bits per heavy atom. The Kier molecular flexibility index (Phi) is 6.36. The number of ether oxygens (including phenoxy) is 1. The first-order valence-corrected chi connectivity index (χ1v) is 10.1. The van der Waals surface area contributed by atoms with Gasteiger partial charge in [0, 0.05) is 22.6 Å². The van der Waals surface area contributed by atoms with E-state index in [4.69, 9.17) is 4.74 Å². The van der Waals surface area contributed by atoms with E-state index in [-0.39, 0.29) is 17.9 Å². The molecular formula is C26H27NO3. The van der Waals surface area contributed by atoms with Crippen molar-refractivity contribution in [2.45, 2.75) is 40.7 Å². The number of nitrogens with zero attached hydrogens (tertiary/aromatic N) is 1. The highest BCUT2D eigenvalue weighted by Crippen LogP contribution is 2.23. The Bertz CT molecular complexity index is 1080. The van der Waals surface area contributed by atoms with Crippen molar-refractivity contribution in [2.75, 3.05) is 0 Å². The minimum Gasteiger partial charge on any atom is -0.459 e. The molecule has 0 saturated heterocycles. The zero-order valence-electron chi connectivity index (χ0n) is 18.1. The van der Waals surface area contributed by atoms with Gasteiger partial charge in [-0.2, -0.15) is 0 Å². The van der Waals surface area contributed by atoms with Crippen molar-refractivity contribution in [3.8, 4) is 5.69 Å². The van der Waals surface area contributed by atoms with Crippen molar-refractivity contribution in [3.05, 3.63) is 94.3 Å². The molecule has 0 aliphatic carbocycles. The third-order valence-electron chi connectivity index (χ3n) is 4.92. The van der Waals surface area contributed by atoms with E-state index >= 15 is 0 Å². The molecule has 0 radical (unpaired) electrons. The molecule has 1 aromatic heterocycles. The molecule has 3 aromatic rings. The lowest BCUT2D eigenvalue weighted by atomic mass is 10.1. The van der Waals surface area contributed by atoms with Gasteiger partial charge in [0.25, 0.3) is 0 Å². The van der Waals surface area contributed by atoms with E-state index in [1.807, 2.05) is 77.1 Å². The van der Waals surface area contributed by atoms with E-state index in [0.29, 0.717) is 11.1 Å². The molecule has 30 heavy (non-hydrogen) atoms. The van der Waals surface area contributed by atoms with Crippen LogP contribution in [0.1, 0.15) is 57.1 Å². The maximum absolute atomic E-state index is 12.4. The van der Waals surface area contributed by atoms with Gasteiger partial charge in [-0.15, -0.1) is 0 Å². The van der Waals surface area contributed by atoms with Gasteiger partial charge in [0.2, 0.25) is 0 Å². The zero-order valence-corrected chi connectivity index (χ0v) is 18.1. The number of esters is 1. The van der Waals surface area contributed by atoms with E-state index in [2.05, 4.69) is 10.6 Å². The summed E-state index contributed by atoms with van der Waals surface area (Å²) in [6.45, 7) is 9.70. The summed E-state index contributed by atoms with van der Waals surface area (Å²) < 4.78 is 7.35. The normalized spacial score (nSPS) is 11.3. The van der Waals surface area contributed by atoms with Crippen molar-refractivity contribution in [3.63, 3.8) is 0 Å². The minimum absolute atomic E-state index is 0.0205. The van der Waals surface area contributed by atoms with Crippen LogP contribution in [0.25, 0.3) is 11.8 Å². The van der Waals surface area contributed by atoms with E-state index in [0.717, 1.165) is 28.2 Å². The molecular weight excluding hydrogens is 374 g/mol. The van der Waals surface area contributed by atoms with E-state index in [9.17, 15) is 9.59 Å². The standard InChI is InChI=1S/C26H27NO3/c1-17(2)30-26(29)22-10-13-24(14-11-22)27-19(4)16-23(20(27)5)12-15-25(28)21-8-6-18(3)7-9-21/h6-17H,1-5H3/b15-12+. The zero-order chi connectivity index (χ0) is 21.8. The van der Waals surface area contributed by atoms with Crippen molar-refractivity contribution >= 4 is 17.8 Å². The lowest BCUT2D eigenvalue weighted by Gasteiger charge is -2.11. The summed E-state index contributed by atoms with van der Waals surface area (Å²) in [5.74, 6) is -0.344. The van der Waals surface area contributed by atoms with Gasteiger partial charge in [-0.1, -0.05) is 29.8 Å². The highest BCUT2D eigenvalue weighted by Gasteiger charge is 2.12. The van der Waals surface area contributed by atoms with Gasteiger partial charge in [0.05, 0.1) is 11.7 Å². The molecule has 4 heteroatoms. The predicted octanol–water partition coefficient (Wildman–Crippen LogP) is 5.86. The van der Waals surface area contributed by atoms with Gasteiger partial charge in [-0.05, 0) is 82.7 Å². The Morgan fingerprint density at radius 2 is 1.50 bits per heavy atom. The maximum atomic E-state index is 12.4. The quantitative estimate of drug-likeness (QED) is 0.295. The second-order valence-electron chi connectivity index (χ2n) is 7.73. The molecule has 3 rings (SSSR count). The average molecular weight is 402 g/mol. The van der Waals surface area contributed by atoms with Crippen LogP contribution in [0.3, 0.4) is 0 Å². The minimum atomic E-state index is -0.323. The molecule has 0 aliphatic heterocycles. The molecule has 0 amide bonds. The monoisotopic (exact) mass is 401 g/mol. The Hall–Kier alpha value is -3.40. The van der Waals surface area contributed by atoms with Crippen LogP contribution >= 0.6 is 0 Å².